The van der Waals surface area contributed by atoms with Crippen molar-refractivity contribution < 1.29 is 12.8 Å². The Hall–Kier alpha value is -1.02. The SMILES string of the molecule is CC(F)(I)c1cnc(C#N)nc1N1CCS(=O)(=O)C1. The van der Waals surface area contributed by atoms with Crippen LogP contribution in [0.2, 0.25) is 0 Å². The second kappa shape index (κ2) is 4.82. The Morgan fingerprint density at radius 1 is 1.63 bits per heavy atom. The van der Waals surface area contributed by atoms with E-state index in [0.29, 0.717) is 0 Å². The van der Waals surface area contributed by atoms with E-state index in [1.807, 2.05) is 0 Å². The lowest BCUT2D eigenvalue weighted by Crippen LogP contribution is -2.25. The maximum Gasteiger partial charge on any atom is 0.234 e. The van der Waals surface area contributed by atoms with E-state index in [9.17, 15) is 12.8 Å². The average molecular weight is 396 g/mol. The summed E-state index contributed by atoms with van der Waals surface area (Å²) in [4.78, 5) is 9.15. The first kappa shape index (κ1) is 14.4. The molecule has 0 amide bonds. The quantitative estimate of drug-likeness (QED) is 0.550. The van der Waals surface area contributed by atoms with Crippen LogP contribution in [0.3, 0.4) is 0 Å². The molecule has 1 fully saturated rings. The van der Waals surface area contributed by atoms with Crippen molar-refractivity contribution in [2.75, 3.05) is 23.1 Å². The number of hydrogen-bond acceptors (Lipinski definition) is 6. The zero-order chi connectivity index (χ0) is 14.3. The second-order valence-electron chi connectivity index (χ2n) is 4.27. The van der Waals surface area contributed by atoms with Crippen LogP contribution >= 0.6 is 22.6 Å². The fourth-order valence-electron chi connectivity index (χ4n) is 1.76. The molecular formula is C10H10FIN4O2S. The van der Waals surface area contributed by atoms with Crippen molar-refractivity contribution in [3.8, 4) is 6.07 Å². The summed E-state index contributed by atoms with van der Waals surface area (Å²) in [5, 5.41) is 8.79. The number of nitriles is 1. The first-order valence-electron chi connectivity index (χ1n) is 5.34. The molecule has 1 aromatic heterocycles. The van der Waals surface area contributed by atoms with E-state index < -0.39 is 13.5 Å². The predicted molar refractivity (Wildman–Crippen MR) is 75.2 cm³/mol. The van der Waals surface area contributed by atoms with Crippen molar-refractivity contribution >= 4 is 38.2 Å². The van der Waals surface area contributed by atoms with Gasteiger partial charge in [0.1, 0.15) is 17.8 Å². The van der Waals surface area contributed by atoms with Crippen molar-refractivity contribution in [1.82, 2.24) is 9.97 Å². The molecule has 0 spiro atoms. The fraction of sp³-hybridized carbons (Fsp3) is 0.500. The van der Waals surface area contributed by atoms with E-state index in [0.717, 1.165) is 0 Å². The molecule has 2 heterocycles. The Labute approximate surface area is 123 Å². The van der Waals surface area contributed by atoms with Gasteiger partial charge in [-0.05, 0) is 29.5 Å². The van der Waals surface area contributed by atoms with Crippen molar-refractivity contribution in [2.45, 2.75) is 10.6 Å². The second-order valence-corrected chi connectivity index (χ2v) is 8.45. The molecule has 0 N–H and O–H groups in total. The van der Waals surface area contributed by atoms with Gasteiger partial charge in [0.2, 0.25) is 5.82 Å². The average Bonchev–Trinajstić information content (AvgIpc) is 2.67. The minimum atomic E-state index is -3.17. The summed E-state index contributed by atoms with van der Waals surface area (Å²) < 4.78 is 35.3. The minimum Gasteiger partial charge on any atom is -0.341 e. The Bertz CT molecular complexity index is 650. The molecule has 1 aliphatic heterocycles. The molecule has 1 unspecified atom stereocenters. The van der Waals surface area contributed by atoms with Crippen LogP contribution in [-0.2, 0) is 13.5 Å². The third-order valence-electron chi connectivity index (χ3n) is 2.67. The zero-order valence-electron chi connectivity index (χ0n) is 9.97. The van der Waals surface area contributed by atoms with Crippen molar-refractivity contribution in [3.05, 3.63) is 17.6 Å². The minimum absolute atomic E-state index is 0.00256. The molecule has 9 heteroatoms. The van der Waals surface area contributed by atoms with Crippen LogP contribution in [0.5, 0.6) is 0 Å². The summed E-state index contributed by atoms with van der Waals surface area (Å²) in [7, 11) is -3.17. The molecule has 0 bridgehead atoms. The molecule has 0 saturated carbocycles. The van der Waals surface area contributed by atoms with Gasteiger partial charge < -0.3 is 4.90 Å². The number of sulfone groups is 1. The maximum atomic E-state index is 14.1. The predicted octanol–water partition coefficient (Wildman–Crippen LogP) is 1.12. The number of alkyl halides is 2. The summed E-state index contributed by atoms with van der Waals surface area (Å²) in [6, 6.07) is 1.77. The first-order valence-corrected chi connectivity index (χ1v) is 8.24. The van der Waals surface area contributed by atoms with Crippen LogP contribution in [-0.4, -0.2) is 36.6 Å². The summed E-state index contributed by atoms with van der Waals surface area (Å²) in [5.74, 6) is -0.146. The summed E-state index contributed by atoms with van der Waals surface area (Å²) in [6.07, 6.45) is 1.23. The standard InChI is InChI=1S/C10H10FIN4O2S/c1-10(11,12)7-5-14-8(4-13)15-9(7)16-2-3-19(17,18)6-16/h5H,2-3,6H2,1H3. The largest absolute Gasteiger partial charge is 0.341 e. The number of anilines is 1. The molecule has 1 saturated heterocycles. The number of hydrogen-bond donors (Lipinski definition) is 0. The third kappa shape index (κ3) is 3.11. The Morgan fingerprint density at radius 2 is 2.32 bits per heavy atom. The Morgan fingerprint density at radius 3 is 2.79 bits per heavy atom. The normalized spacial score (nSPS) is 20.8. The van der Waals surface area contributed by atoms with Gasteiger partial charge in [0, 0.05) is 12.7 Å². The monoisotopic (exact) mass is 396 g/mol. The maximum absolute atomic E-state index is 14.1. The van der Waals surface area contributed by atoms with Crippen LogP contribution in [0.1, 0.15) is 18.3 Å². The molecule has 0 radical (unpaired) electrons. The van der Waals surface area contributed by atoms with Crippen LogP contribution in [0.25, 0.3) is 0 Å². The van der Waals surface area contributed by atoms with Gasteiger partial charge in [-0.1, -0.05) is 0 Å². The van der Waals surface area contributed by atoms with E-state index >= 15 is 0 Å². The smallest absolute Gasteiger partial charge is 0.234 e. The first-order chi connectivity index (χ1) is 8.73. The van der Waals surface area contributed by atoms with E-state index in [-0.39, 0.29) is 35.4 Å². The number of nitrogens with zero attached hydrogens (tertiary/aromatic N) is 4. The lowest BCUT2D eigenvalue weighted by molar-refractivity contribution is 0.348. The van der Waals surface area contributed by atoms with Gasteiger partial charge in [-0.3, -0.25) is 0 Å². The summed E-state index contributed by atoms with van der Waals surface area (Å²) >= 11 is 1.58. The molecule has 0 aromatic carbocycles. The molecule has 2 rings (SSSR count). The topological polar surface area (TPSA) is 86.9 Å². The summed E-state index contributed by atoms with van der Waals surface area (Å²) in [5.41, 5.74) is 0.171. The van der Waals surface area contributed by atoms with Gasteiger partial charge in [-0.25, -0.2) is 22.8 Å². The Balaban J connectivity index is 2.51. The van der Waals surface area contributed by atoms with E-state index in [2.05, 4.69) is 9.97 Å². The number of halogens is 2. The van der Waals surface area contributed by atoms with Gasteiger partial charge in [0.05, 0.1) is 11.3 Å². The van der Waals surface area contributed by atoms with Gasteiger partial charge in [0.25, 0.3) is 0 Å². The molecule has 1 aliphatic rings. The van der Waals surface area contributed by atoms with Gasteiger partial charge in [-0.15, -0.1) is 0 Å². The highest BCUT2D eigenvalue weighted by Gasteiger charge is 2.34. The van der Waals surface area contributed by atoms with Crippen LogP contribution in [0.4, 0.5) is 10.2 Å². The van der Waals surface area contributed by atoms with Gasteiger partial charge in [0.15, 0.2) is 13.5 Å². The molecule has 6 nitrogen and oxygen atoms in total. The number of aromatic nitrogens is 2. The molecule has 1 atom stereocenters. The Kier molecular flexibility index (Phi) is 3.65. The van der Waals surface area contributed by atoms with E-state index in [1.54, 1.807) is 28.7 Å². The van der Waals surface area contributed by atoms with Crippen molar-refractivity contribution in [1.29, 1.82) is 5.26 Å². The van der Waals surface area contributed by atoms with Gasteiger partial charge in [-0.2, -0.15) is 5.26 Å². The molecular weight excluding hydrogens is 386 g/mol. The highest BCUT2D eigenvalue weighted by atomic mass is 127. The van der Waals surface area contributed by atoms with E-state index in [4.69, 9.17) is 5.26 Å². The molecule has 0 aliphatic carbocycles. The van der Waals surface area contributed by atoms with Crippen LogP contribution in [0, 0.1) is 11.3 Å². The molecule has 102 valence electrons. The third-order valence-corrected chi connectivity index (χ3v) is 4.76. The van der Waals surface area contributed by atoms with E-state index in [1.165, 1.54) is 18.0 Å². The zero-order valence-corrected chi connectivity index (χ0v) is 12.9. The molecule has 1 aromatic rings. The summed E-state index contributed by atoms with van der Waals surface area (Å²) in [6.45, 7) is 1.57. The fourth-order valence-corrected chi connectivity index (χ4v) is 3.49. The highest BCUT2D eigenvalue weighted by molar-refractivity contribution is 14.1. The van der Waals surface area contributed by atoms with Gasteiger partial charge >= 0.3 is 0 Å². The molecule has 19 heavy (non-hydrogen) atoms. The number of rotatable bonds is 2. The van der Waals surface area contributed by atoms with Crippen molar-refractivity contribution in [2.24, 2.45) is 0 Å². The van der Waals surface area contributed by atoms with Crippen LogP contribution < -0.4 is 4.90 Å². The lowest BCUT2D eigenvalue weighted by atomic mass is 10.2. The van der Waals surface area contributed by atoms with Crippen LogP contribution in [0.15, 0.2) is 6.20 Å². The lowest BCUT2D eigenvalue weighted by Gasteiger charge is -2.22. The van der Waals surface area contributed by atoms with Crippen molar-refractivity contribution in [3.63, 3.8) is 0 Å². The highest BCUT2D eigenvalue weighted by Crippen LogP contribution is 2.38.